The van der Waals surface area contributed by atoms with Gasteiger partial charge in [-0.1, -0.05) is 0 Å². The third-order valence-electron chi connectivity index (χ3n) is 1.36. The van der Waals surface area contributed by atoms with Gasteiger partial charge in [0.25, 0.3) is 0 Å². The maximum absolute atomic E-state index is 8.67. The van der Waals surface area contributed by atoms with Crippen molar-refractivity contribution in [2.45, 2.75) is 6.42 Å². The molecule has 0 radical (unpaired) electrons. The Kier molecular flexibility index (Phi) is 3.15. The fourth-order valence-electron chi connectivity index (χ4n) is 0.727. The van der Waals surface area contributed by atoms with Crippen LogP contribution in [0.3, 0.4) is 0 Å². The molecule has 0 fully saturated rings. The summed E-state index contributed by atoms with van der Waals surface area (Å²) in [5.74, 6) is 0.488. The van der Waals surface area contributed by atoms with Crippen LogP contribution in [0.4, 0.5) is 0 Å². The molecule has 0 aliphatic rings. The Labute approximate surface area is 69.9 Å². The van der Waals surface area contributed by atoms with Gasteiger partial charge in [-0.2, -0.15) is 0 Å². The molecule has 0 atom stereocenters. The van der Waals surface area contributed by atoms with E-state index in [0.717, 1.165) is 0 Å². The third kappa shape index (κ3) is 2.26. The molecule has 1 aromatic rings. The molecule has 1 heterocycles. The van der Waals surface area contributed by atoms with Crippen molar-refractivity contribution < 1.29 is 15.2 Å². The average molecular weight is 168 g/mol. The zero-order valence-electron chi connectivity index (χ0n) is 6.38. The second kappa shape index (κ2) is 4.15. The van der Waals surface area contributed by atoms with Crippen LogP contribution in [0.1, 0.15) is 5.82 Å². The van der Waals surface area contributed by atoms with E-state index < -0.39 is 7.12 Å². The zero-order valence-corrected chi connectivity index (χ0v) is 6.38. The summed E-state index contributed by atoms with van der Waals surface area (Å²) >= 11 is 0. The number of aliphatic hydroxyl groups is 1. The van der Waals surface area contributed by atoms with Crippen LogP contribution in [0.5, 0.6) is 0 Å². The van der Waals surface area contributed by atoms with Crippen LogP contribution in [0, 0.1) is 0 Å². The summed E-state index contributed by atoms with van der Waals surface area (Å²) in [6.07, 6.45) is 3.02. The Hall–Kier alpha value is -0.975. The number of aromatic nitrogens is 2. The SMILES string of the molecule is OCCc1ncc(B(O)O)cn1. The van der Waals surface area contributed by atoms with Gasteiger partial charge in [0.2, 0.25) is 0 Å². The van der Waals surface area contributed by atoms with Crippen LogP contribution in [0.15, 0.2) is 12.4 Å². The van der Waals surface area contributed by atoms with E-state index in [1.165, 1.54) is 12.4 Å². The van der Waals surface area contributed by atoms with E-state index in [1.54, 1.807) is 0 Å². The first kappa shape index (κ1) is 9.12. The molecule has 12 heavy (non-hydrogen) atoms. The van der Waals surface area contributed by atoms with Crippen molar-refractivity contribution >= 4 is 12.6 Å². The lowest BCUT2D eigenvalue weighted by atomic mass is 9.83. The van der Waals surface area contributed by atoms with E-state index >= 15 is 0 Å². The average Bonchev–Trinajstić information content (AvgIpc) is 2.06. The molecular formula is C6H9BN2O3. The molecule has 0 saturated heterocycles. The van der Waals surface area contributed by atoms with Gasteiger partial charge in [0.15, 0.2) is 0 Å². The van der Waals surface area contributed by atoms with Gasteiger partial charge in [0.1, 0.15) is 5.82 Å². The maximum Gasteiger partial charge on any atom is 0.491 e. The highest BCUT2D eigenvalue weighted by Crippen LogP contribution is 1.86. The zero-order chi connectivity index (χ0) is 8.97. The summed E-state index contributed by atoms with van der Waals surface area (Å²) in [6, 6.07) is 0. The lowest BCUT2D eigenvalue weighted by Gasteiger charge is -1.99. The van der Waals surface area contributed by atoms with Gasteiger partial charge in [0.05, 0.1) is 6.61 Å². The van der Waals surface area contributed by atoms with Gasteiger partial charge < -0.3 is 15.2 Å². The van der Waals surface area contributed by atoms with Gasteiger partial charge in [-0.3, -0.25) is 0 Å². The molecule has 0 bridgehead atoms. The second-order valence-corrected chi connectivity index (χ2v) is 2.28. The summed E-state index contributed by atoms with van der Waals surface area (Å²) in [5, 5.41) is 25.9. The first-order chi connectivity index (χ1) is 5.74. The fourth-order valence-corrected chi connectivity index (χ4v) is 0.727. The molecule has 0 saturated carbocycles. The summed E-state index contributed by atoms with van der Waals surface area (Å²) < 4.78 is 0. The molecule has 1 aromatic heterocycles. The van der Waals surface area contributed by atoms with Gasteiger partial charge in [-0.15, -0.1) is 0 Å². The van der Waals surface area contributed by atoms with E-state index in [0.29, 0.717) is 12.2 Å². The predicted molar refractivity (Wildman–Crippen MR) is 42.6 cm³/mol. The van der Waals surface area contributed by atoms with Crippen LogP contribution < -0.4 is 5.46 Å². The van der Waals surface area contributed by atoms with Crippen LogP contribution in [0.2, 0.25) is 0 Å². The largest absolute Gasteiger partial charge is 0.491 e. The molecule has 0 aliphatic heterocycles. The van der Waals surface area contributed by atoms with E-state index in [-0.39, 0.29) is 12.1 Å². The Morgan fingerprint density at radius 2 is 1.83 bits per heavy atom. The Morgan fingerprint density at radius 3 is 2.25 bits per heavy atom. The van der Waals surface area contributed by atoms with Crippen molar-refractivity contribution in [2.24, 2.45) is 0 Å². The molecule has 0 amide bonds. The number of hydrogen-bond acceptors (Lipinski definition) is 5. The van der Waals surface area contributed by atoms with Crippen LogP contribution >= 0.6 is 0 Å². The molecule has 5 nitrogen and oxygen atoms in total. The fraction of sp³-hybridized carbons (Fsp3) is 0.333. The highest BCUT2D eigenvalue weighted by Gasteiger charge is 2.11. The summed E-state index contributed by atoms with van der Waals surface area (Å²) in [5.41, 5.74) is 0.247. The van der Waals surface area contributed by atoms with Gasteiger partial charge in [-0.05, 0) is 0 Å². The molecular weight excluding hydrogens is 159 g/mol. The summed E-state index contributed by atoms with van der Waals surface area (Å²) in [7, 11) is -1.53. The third-order valence-corrected chi connectivity index (χ3v) is 1.36. The topological polar surface area (TPSA) is 86.5 Å². The Balaban J connectivity index is 2.71. The lowest BCUT2D eigenvalue weighted by molar-refractivity contribution is 0.296. The van der Waals surface area contributed by atoms with E-state index in [1.807, 2.05) is 0 Å². The molecule has 0 spiro atoms. The monoisotopic (exact) mass is 168 g/mol. The Morgan fingerprint density at radius 1 is 1.25 bits per heavy atom. The molecule has 64 valence electrons. The molecule has 1 rings (SSSR count). The number of rotatable bonds is 3. The van der Waals surface area contributed by atoms with Gasteiger partial charge >= 0.3 is 7.12 Å². The number of aliphatic hydroxyl groups excluding tert-OH is 1. The van der Waals surface area contributed by atoms with Gasteiger partial charge in [-0.25, -0.2) is 9.97 Å². The van der Waals surface area contributed by atoms with Crippen LogP contribution in [-0.4, -0.2) is 38.8 Å². The minimum absolute atomic E-state index is 0.0129. The van der Waals surface area contributed by atoms with Crippen LogP contribution in [-0.2, 0) is 6.42 Å². The predicted octanol–water partition coefficient (Wildman–Crippen LogP) is -2.31. The van der Waals surface area contributed by atoms with Crippen molar-refractivity contribution in [1.29, 1.82) is 0 Å². The first-order valence-electron chi connectivity index (χ1n) is 3.52. The number of nitrogens with zero attached hydrogens (tertiary/aromatic N) is 2. The Bertz CT molecular complexity index is 239. The van der Waals surface area contributed by atoms with E-state index in [2.05, 4.69) is 9.97 Å². The molecule has 0 aliphatic carbocycles. The van der Waals surface area contributed by atoms with Crippen LogP contribution in [0.25, 0.3) is 0 Å². The van der Waals surface area contributed by atoms with E-state index in [4.69, 9.17) is 15.2 Å². The van der Waals surface area contributed by atoms with Crippen molar-refractivity contribution in [3.63, 3.8) is 0 Å². The van der Waals surface area contributed by atoms with Gasteiger partial charge in [0, 0.05) is 24.3 Å². The first-order valence-corrected chi connectivity index (χ1v) is 3.52. The maximum atomic E-state index is 8.67. The second-order valence-electron chi connectivity index (χ2n) is 2.28. The quantitative estimate of drug-likeness (QED) is 0.441. The minimum Gasteiger partial charge on any atom is -0.423 e. The molecule has 0 unspecified atom stereocenters. The highest BCUT2D eigenvalue weighted by atomic mass is 16.4. The van der Waals surface area contributed by atoms with Crippen molar-refractivity contribution in [1.82, 2.24) is 9.97 Å². The minimum atomic E-state index is -1.53. The number of hydrogen-bond donors (Lipinski definition) is 3. The lowest BCUT2D eigenvalue weighted by Crippen LogP contribution is -2.30. The standard InChI is InChI=1S/C6H9BN2O3/c10-2-1-6-8-3-5(4-9-6)7(11)12/h3-4,10-12H,1-2H2. The summed E-state index contributed by atoms with van der Waals surface area (Å²) in [4.78, 5) is 7.60. The van der Waals surface area contributed by atoms with Crippen molar-refractivity contribution in [2.75, 3.05) is 6.61 Å². The normalized spacial score (nSPS) is 9.92. The molecule has 6 heteroatoms. The van der Waals surface area contributed by atoms with Crippen molar-refractivity contribution in [3.05, 3.63) is 18.2 Å². The smallest absolute Gasteiger partial charge is 0.423 e. The highest BCUT2D eigenvalue weighted by molar-refractivity contribution is 6.58. The molecule has 0 aromatic carbocycles. The summed E-state index contributed by atoms with van der Waals surface area (Å²) in [6.45, 7) is -0.0129. The van der Waals surface area contributed by atoms with E-state index in [9.17, 15) is 0 Å². The molecule has 3 N–H and O–H groups in total. The van der Waals surface area contributed by atoms with Crippen molar-refractivity contribution in [3.8, 4) is 0 Å².